The molecule has 0 saturated carbocycles. The first-order valence-corrected chi connectivity index (χ1v) is 11.8. The second-order valence-corrected chi connectivity index (χ2v) is 9.62. The third-order valence-corrected chi connectivity index (χ3v) is 7.43. The molecule has 8 nitrogen and oxygen atoms in total. The van der Waals surface area contributed by atoms with Crippen molar-refractivity contribution in [1.82, 2.24) is 9.29 Å². The quantitative estimate of drug-likeness (QED) is 0.557. The molecular formula is C23H26N2O6S. The zero-order valence-electron chi connectivity index (χ0n) is 18.0. The van der Waals surface area contributed by atoms with Gasteiger partial charge < -0.3 is 19.2 Å². The molecule has 1 N–H and O–H groups in total. The zero-order chi connectivity index (χ0) is 22.7. The number of aromatic amines is 1. The highest BCUT2D eigenvalue weighted by molar-refractivity contribution is 7.89. The van der Waals surface area contributed by atoms with Gasteiger partial charge >= 0.3 is 0 Å². The molecule has 1 aliphatic rings. The number of aromatic nitrogens is 1. The highest BCUT2D eigenvalue weighted by Gasteiger charge is 2.30. The average Bonchev–Trinajstić information content (AvgIpc) is 3.32. The average molecular weight is 459 g/mol. The van der Waals surface area contributed by atoms with Gasteiger partial charge in [0.1, 0.15) is 11.5 Å². The second kappa shape index (κ2) is 9.32. The fourth-order valence-electron chi connectivity index (χ4n) is 3.82. The minimum absolute atomic E-state index is 0.0727. The van der Waals surface area contributed by atoms with Gasteiger partial charge in [-0.2, -0.15) is 4.31 Å². The molecule has 0 radical (unpaired) electrons. The van der Waals surface area contributed by atoms with Crippen LogP contribution in [0.15, 0.2) is 58.2 Å². The Bertz CT molecular complexity index is 1250. The number of benzene rings is 2. The van der Waals surface area contributed by atoms with Crippen molar-refractivity contribution in [3.63, 3.8) is 0 Å². The third kappa shape index (κ3) is 4.64. The summed E-state index contributed by atoms with van der Waals surface area (Å²) in [6, 6.07) is 13.3. The molecule has 0 unspecified atom stereocenters. The van der Waals surface area contributed by atoms with Crippen LogP contribution in [0.3, 0.4) is 0 Å². The van der Waals surface area contributed by atoms with Gasteiger partial charge in [-0.1, -0.05) is 0 Å². The normalized spacial score (nSPS) is 16.5. The molecule has 0 aliphatic carbocycles. The summed E-state index contributed by atoms with van der Waals surface area (Å²) in [5.41, 5.74) is 0.675. The second-order valence-electron chi connectivity index (χ2n) is 7.68. The smallest absolute Gasteiger partial charge is 0.252 e. The predicted octanol–water partition coefficient (Wildman–Crippen LogP) is 2.92. The van der Waals surface area contributed by atoms with E-state index in [1.807, 2.05) is 0 Å². The van der Waals surface area contributed by atoms with Crippen LogP contribution in [0.2, 0.25) is 0 Å². The lowest BCUT2D eigenvalue weighted by atomic mass is 10.1. The number of sulfonamides is 1. The van der Waals surface area contributed by atoms with Crippen molar-refractivity contribution in [2.24, 2.45) is 0 Å². The van der Waals surface area contributed by atoms with Crippen LogP contribution in [0.1, 0.15) is 18.4 Å². The number of hydrogen-bond acceptors (Lipinski definition) is 6. The lowest BCUT2D eigenvalue weighted by Crippen LogP contribution is -2.38. The van der Waals surface area contributed by atoms with E-state index in [1.54, 1.807) is 43.5 Å². The van der Waals surface area contributed by atoms with Crippen LogP contribution in [0.5, 0.6) is 11.5 Å². The zero-order valence-corrected chi connectivity index (χ0v) is 18.9. The van der Waals surface area contributed by atoms with Crippen LogP contribution in [-0.4, -0.2) is 51.2 Å². The van der Waals surface area contributed by atoms with Crippen molar-refractivity contribution in [2.75, 3.05) is 27.4 Å². The molecule has 170 valence electrons. The van der Waals surface area contributed by atoms with Gasteiger partial charge in [0.25, 0.3) is 5.56 Å². The fourth-order valence-corrected chi connectivity index (χ4v) is 5.27. The standard InChI is InChI=1S/C23H26N2O6S/c1-29-18-5-8-21(9-6-18)32(27,28)25(15-20-4-3-11-31-20)14-17-12-16-13-19(30-2)7-10-22(16)24-23(17)26/h5-10,12-13,20H,3-4,11,14-15H2,1-2H3,(H,24,26)/t20-/m0/s1. The lowest BCUT2D eigenvalue weighted by molar-refractivity contribution is 0.0925. The van der Waals surface area contributed by atoms with Crippen LogP contribution in [-0.2, 0) is 21.3 Å². The van der Waals surface area contributed by atoms with E-state index in [0.717, 1.165) is 18.2 Å². The number of nitrogens with zero attached hydrogens (tertiary/aromatic N) is 1. The van der Waals surface area contributed by atoms with Gasteiger partial charge in [-0.15, -0.1) is 0 Å². The van der Waals surface area contributed by atoms with E-state index in [1.165, 1.54) is 23.5 Å². The summed E-state index contributed by atoms with van der Waals surface area (Å²) in [6.45, 7) is 0.706. The molecule has 9 heteroatoms. The number of H-pyrrole nitrogens is 1. The van der Waals surface area contributed by atoms with E-state index in [2.05, 4.69) is 4.98 Å². The summed E-state index contributed by atoms with van der Waals surface area (Å²) in [5.74, 6) is 1.21. The first-order chi connectivity index (χ1) is 15.4. The number of pyridine rings is 1. The lowest BCUT2D eigenvalue weighted by Gasteiger charge is -2.25. The van der Waals surface area contributed by atoms with Crippen molar-refractivity contribution < 1.29 is 22.6 Å². The first kappa shape index (κ1) is 22.3. The minimum atomic E-state index is -3.87. The molecule has 4 rings (SSSR count). The molecule has 1 saturated heterocycles. The van der Waals surface area contributed by atoms with E-state index >= 15 is 0 Å². The number of ether oxygens (including phenoxy) is 3. The Labute approximate surface area is 186 Å². The Morgan fingerprint density at radius 1 is 1.06 bits per heavy atom. The SMILES string of the molecule is COc1ccc(S(=O)(=O)N(Cc2cc3cc(OC)ccc3[nH]c2=O)C[C@@H]2CCCO2)cc1. The van der Waals surface area contributed by atoms with Gasteiger partial charge in [0, 0.05) is 36.2 Å². The predicted molar refractivity (Wildman–Crippen MR) is 121 cm³/mol. The van der Waals surface area contributed by atoms with Crippen LogP contribution in [0, 0.1) is 0 Å². The third-order valence-electron chi connectivity index (χ3n) is 5.60. The first-order valence-electron chi connectivity index (χ1n) is 10.4. The molecular weight excluding hydrogens is 432 g/mol. The molecule has 32 heavy (non-hydrogen) atoms. The van der Waals surface area contributed by atoms with Gasteiger partial charge in [0.05, 0.1) is 25.2 Å². The van der Waals surface area contributed by atoms with Crippen molar-refractivity contribution in [1.29, 1.82) is 0 Å². The summed E-state index contributed by atoms with van der Waals surface area (Å²) >= 11 is 0. The molecule has 2 aromatic carbocycles. The van der Waals surface area contributed by atoms with E-state index < -0.39 is 10.0 Å². The molecule has 0 amide bonds. The van der Waals surface area contributed by atoms with Crippen molar-refractivity contribution in [2.45, 2.75) is 30.4 Å². The summed E-state index contributed by atoms with van der Waals surface area (Å²) < 4.78 is 44.4. The summed E-state index contributed by atoms with van der Waals surface area (Å²) in [4.78, 5) is 15.7. The molecule has 1 aliphatic heterocycles. The Kier molecular flexibility index (Phi) is 6.50. The van der Waals surface area contributed by atoms with Crippen LogP contribution in [0.4, 0.5) is 0 Å². The van der Waals surface area contributed by atoms with E-state index in [0.29, 0.717) is 29.2 Å². The molecule has 1 aromatic heterocycles. The Balaban J connectivity index is 1.71. The van der Waals surface area contributed by atoms with E-state index in [-0.39, 0.29) is 29.6 Å². The van der Waals surface area contributed by atoms with Gasteiger partial charge in [-0.25, -0.2) is 8.42 Å². The number of fused-ring (bicyclic) bond motifs is 1. The van der Waals surface area contributed by atoms with Crippen LogP contribution in [0.25, 0.3) is 10.9 Å². The van der Waals surface area contributed by atoms with E-state index in [4.69, 9.17) is 14.2 Å². The molecule has 1 atom stereocenters. The molecule has 0 spiro atoms. The van der Waals surface area contributed by atoms with Gasteiger partial charge in [-0.05, 0) is 61.4 Å². The number of rotatable bonds is 8. The summed E-state index contributed by atoms with van der Waals surface area (Å²) in [5, 5.41) is 0.762. The monoisotopic (exact) mass is 458 g/mol. The van der Waals surface area contributed by atoms with Crippen molar-refractivity contribution in [3.8, 4) is 11.5 Å². The number of nitrogens with one attached hydrogen (secondary N) is 1. The maximum atomic E-state index is 13.5. The van der Waals surface area contributed by atoms with Crippen LogP contribution < -0.4 is 15.0 Å². The largest absolute Gasteiger partial charge is 0.497 e. The van der Waals surface area contributed by atoms with Crippen molar-refractivity contribution >= 4 is 20.9 Å². The van der Waals surface area contributed by atoms with Crippen LogP contribution >= 0.6 is 0 Å². The molecule has 3 aromatic rings. The van der Waals surface area contributed by atoms with E-state index in [9.17, 15) is 13.2 Å². The maximum Gasteiger partial charge on any atom is 0.252 e. The molecule has 2 heterocycles. The minimum Gasteiger partial charge on any atom is -0.497 e. The van der Waals surface area contributed by atoms with Gasteiger partial charge in [0.15, 0.2) is 0 Å². The molecule has 0 bridgehead atoms. The maximum absolute atomic E-state index is 13.5. The number of methoxy groups -OCH3 is 2. The fraction of sp³-hybridized carbons (Fsp3) is 0.348. The Morgan fingerprint density at radius 3 is 2.44 bits per heavy atom. The topological polar surface area (TPSA) is 97.9 Å². The Morgan fingerprint density at radius 2 is 1.78 bits per heavy atom. The van der Waals surface area contributed by atoms with Crippen molar-refractivity contribution in [3.05, 3.63) is 64.4 Å². The Hall–Kier alpha value is -2.88. The summed E-state index contributed by atoms with van der Waals surface area (Å²) in [6.07, 6.45) is 1.46. The van der Waals surface area contributed by atoms with Gasteiger partial charge in [0.2, 0.25) is 10.0 Å². The van der Waals surface area contributed by atoms with Gasteiger partial charge in [-0.3, -0.25) is 4.79 Å². The number of hydrogen-bond donors (Lipinski definition) is 1. The highest BCUT2D eigenvalue weighted by atomic mass is 32.2. The molecule has 1 fully saturated rings. The highest BCUT2D eigenvalue weighted by Crippen LogP contribution is 2.25. The summed E-state index contributed by atoms with van der Waals surface area (Å²) in [7, 11) is -0.784.